The van der Waals surface area contributed by atoms with Crippen LogP contribution >= 0.6 is 22.6 Å². The van der Waals surface area contributed by atoms with Crippen LogP contribution in [0.3, 0.4) is 0 Å². The van der Waals surface area contributed by atoms with E-state index in [1.54, 1.807) is 0 Å². The number of rotatable bonds is 1. The van der Waals surface area contributed by atoms with Crippen LogP contribution < -0.4 is 0 Å². The third-order valence-corrected chi connectivity index (χ3v) is 3.18. The monoisotopic (exact) mass is 270 g/mol. The van der Waals surface area contributed by atoms with Crippen molar-refractivity contribution in [1.82, 2.24) is 0 Å². The van der Waals surface area contributed by atoms with Crippen molar-refractivity contribution >= 4 is 28.6 Å². The summed E-state index contributed by atoms with van der Waals surface area (Å²) in [7, 11) is 0. The lowest BCUT2D eigenvalue weighted by Gasteiger charge is -2.29. The molecule has 0 amide bonds. The van der Waals surface area contributed by atoms with Crippen molar-refractivity contribution < 1.29 is 15.0 Å². The zero-order valence-electron chi connectivity index (χ0n) is 6.09. The molecule has 4 heteroatoms. The molecule has 0 atom stereocenters. The van der Waals surface area contributed by atoms with Gasteiger partial charge in [-0.05, 0) is 48.3 Å². The number of alkyl halides is 1. The average Bonchev–Trinajstić information content (AvgIpc) is 1.86. The third-order valence-electron chi connectivity index (χ3n) is 2.10. The molecule has 1 aliphatic rings. The maximum atomic E-state index is 10.5. The van der Waals surface area contributed by atoms with Gasteiger partial charge in [0.05, 0.1) is 5.92 Å². The standard InChI is InChI=1S/C7H11IO3/c8-7(11)3-1-5(2-4-7)6(9)10/h5,11H,1-4H2,(H,9,10). The lowest BCUT2D eigenvalue weighted by atomic mass is 9.88. The van der Waals surface area contributed by atoms with Crippen LogP contribution in [0.1, 0.15) is 25.7 Å². The SMILES string of the molecule is O=C(O)C1CCC(O)(I)CC1. The zero-order chi connectivity index (χ0) is 8.48. The molecule has 0 aromatic rings. The van der Waals surface area contributed by atoms with Crippen LogP contribution in [0, 0.1) is 5.92 Å². The minimum absolute atomic E-state index is 0.231. The molecule has 0 aliphatic heterocycles. The largest absolute Gasteiger partial charge is 0.481 e. The van der Waals surface area contributed by atoms with E-state index in [4.69, 9.17) is 5.11 Å². The van der Waals surface area contributed by atoms with Crippen molar-refractivity contribution in [3.05, 3.63) is 0 Å². The second-order valence-electron chi connectivity index (χ2n) is 3.03. The van der Waals surface area contributed by atoms with Gasteiger partial charge in [-0.2, -0.15) is 0 Å². The van der Waals surface area contributed by atoms with Gasteiger partial charge < -0.3 is 10.2 Å². The lowest BCUT2D eigenvalue weighted by molar-refractivity contribution is -0.143. The van der Waals surface area contributed by atoms with E-state index in [1.807, 2.05) is 22.6 Å². The molecule has 2 N–H and O–H groups in total. The first-order chi connectivity index (χ1) is 5.01. The van der Waals surface area contributed by atoms with Gasteiger partial charge in [-0.3, -0.25) is 4.79 Å². The van der Waals surface area contributed by atoms with Crippen molar-refractivity contribution in [2.75, 3.05) is 0 Å². The Morgan fingerprint density at radius 2 is 1.91 bits per heavy atom. The molecule has 0 aromatic heterocycles. The van der Waals surface area contributed by atoms with Crippen molar-refractivity contribution in [3.63, 3.8) is 0 Å². The topological polar surface area (TPSA) is 57.5 Å². The summed E-state index contributed by atoms with van der Waals surface area (Å²) in [5.41, 5.74) is 0. The zero-order valence-corrected chi connectivity index (χ0v) is 8.24. The Labute approximate surface area is 78.9 Å². The quantitative estimate of drug-likeness (QED) is 0.559. The van der Waals surface area contributed by atoms with Gasteiger partial charge in [-0.25, -0.2) is 0 Å². The molecule has 1 aliphatic carbocycles. The summed E-state index contributed by atoms with van der Waals surface area (Å²) in [6, 6.07) is 0. The van der Waals surface area contributed by atoms with E-state index >= 15 is 0 Å². The van der Waals surface area contributed by atoms with E-state index < -0.39 is 9.58 Å². The van der Waals surface area contributed by atoms with Crippen LogP contribution in [0.25, 0.3) is 0 Å². The molecule has 0 aromatic carbocycles. The molecule has 0 spiro atoms. The van der Waals surface area contributed by atoms with Crippen molar-refractivity contribution in [1.29, 1.82) is 0 Å². The van der Waals surface area contributed by atoms with Gasteiger partial charge in [0.1, 0.15) is 3.61 Å². The molecule has 0 heterocycles. The highest BCUT2D eigenvalue weighted by Gasteiger charge is 2.33. The van der Waals surface area contributed by atoms with Gasteiger partial charge in [0.2, 0.25) is 0 Å². The average molecular weight is 270 g/mol. The van der Waals surface area contributed by atoms with Gasteiger partial charge >= 0.3 is 5.97 Å². The Bertz CT molecular complexity index is 157. The van der Waals surface area contributed by atoms with Crippen LogP contribution in [0.15, 0.2) is 0 Å². The number of hydrogen-bond donors (Lipinski definition) is 2. The molecule has 0 saturated heterocycles. The molecule has 0 radical (unpaired) electrons. The van der Waals surface area contributed by atoms with Gasteiger partial charge in [-0.1, -0.05) is 0 Å². The minimum Gasteiger partial charge on any atom is -0.481 e. The summed E-state index contributed by atoms with van der Waals surface area (Å²) in [5, 5.41) is 18.1. The van der Waals surface area contributed by atoms with Crippen LogP contribution in [-0.2, 0) is 4.79 Å². The molecule has 0 unspecified atom stereocenters. The second kappa shape index (κ2) is 3.26. The van der Waals surface area contributed by atoms with Crippen LogP contribution in [0.4, 0.5) is 0 Å². The summed E-state index contributed by atoms with van der Waals surface area (Å²) in [6.45, 7) is 0. The molecule has 11 heavy (non-hydrogen) atoms. The van der Waals surface area contributed by atoms with E-state index in [-0.39, 0.29) is 5.92 Å². The fraction of sp³-hybridized carbons (Fsp3) is 0.857. The third kappa shape index (κ3) is 2.59. The highest BCUT2D eigenvalue weighted by Crippen LogP contribution is 2.36. The highest BCUT2D eigenvalue weighted by atomic mass is 127. The van der Waals surface area contributed by atoms with Crippen LogP contribution in [0.5, 0.6) is 0 Å². The number of carbonyl (C=O) groups is 1. The predicted molar refractivity (Wildman–Crippen MR) is 48.6 cm³/mol. The number of aliphatic carboxylic acids is 1. The first kappa shape index (κ1) is 9.25. The Kier molecular flexibility index (Phi) is 2.74. The van der Waals surface area contributed by atoms with Gasteiger partial charge in [0, 0.05) is 0 Å². The molecule has 0 bridgehead atoms. The number of hydrogen-bond acceptors (Lipinski definition) is 2. The predicted octanol–water partition coefficient (Wildman–Crippen LogP) is 1.38. The molecular formula is C7H11IO3. The lowest BCUT2D eigenvalue weighted by Crippen LogP contribution is -2.30. The Morgan fingerprint density at radius 1 is 1.45 bits per heavy atom. The summed E-state index contributed by atoms with van der Waals surface area (Å²) in [4.78, 5) is 10.5. The van der Waals surface area contributed by atoms with Crippen LogP contribution in [0.2, 0.25) is 0 Å². The summed E-state index contributed by atoms with van der Waals surface area (Å²) >= 11 is 1.99. The Hall–Kier alpha value is 0.160. The van der Waals surface area contributed by atoms with E-state index in [0.717, 1.165) is 0 Å². The van der Waals surface area contributed by atoms with Crippen molar-refractivity contribution in [2.24, 2.45) is 5.92 Å². The second-order valence-corrected chi connectivity index (χ2v) is 5.04. The first-order valence-corrected chi connectivity index (χ1v) is 4.73. The van der Waals surface area contributed by atoms with Gasteiger partial charge in [0.25, 0.3) is 0 Å². The Morgan fingerprint density at radius 3 is 2.27 bits per heavy atom. The highest BCUT2D eigenvalue weighted by molar-refractivity contribution is 14.1. The maximum Gasteiger partial charge on any atom is 0.306 e. The molecule has 3 nitrogen and oxygen atoms in total. The molecule has 64 valence electrons. The molecule has 1 fully saturated rings. The van der Waals surface area contributed by atoms with Gasteiger partial charge in [0.15, 0.2) is 0 Å². The smallest absolute Gasteiger partial charge is 0.306 e. The molecule has 1 saturated carbocycles. The van der Waals surface area contributed by atoms with E-state index in [1.165, 1.54) is 0 Å². The fourth-order valence-electron chi connectivity index (χ4n) is 1.31. The summed E-state index contributed by atoms with van der Waals surface area (Å²) < 4.78 is -0.649. The van der Waals surface area contributed by atoms with E-state index in [9.17, 15) is 9.90 Å². The first-order valence-electron chi connectivity index (χ1n) is 3.65. The van der Waals surface area contributed by atoms with E-state index in [2.05, 4.69) is 0 Å². The van der Waals surface area contributed by atoms with E-state index in [0.29, 0.717) is 25.7 Å². The van der Waals surface area contributed by atoms with Crippen molar-refractivity contribution in [3.8, 4) is 0 Å². The van der Waals surface area contributed by atoms with Gasteiger partial charge in [-0.15, -0.1) is 0 Å². The Balaban J connectivity index is 2.42. The van der Waals surface area contributed by atoms with Crippen LogP contribution in [-0.4, -0.2) is 19.8 Å². The maximum absolute atomic E-state index is 10.5. The summed E-state index contributed by atoms with van der Waals surface area (Å²) in [5.74, 6) is -0.957. The molecule has 1 rings (SSSR count). The number of halogens is 1. The number of carboxylic acids is 1. The number of aliphatic hydroxyl groups is 1. The fourth-order valence-corrected chi connectivity index (χ4v) is 1.93. The van der Waals surface area contributed by atoms with Crippen molar-refractivity contribution in [2.45, 2.75) is 29.3 Å². The normalized spacial score (nSPS) is 38.5. The number of carboxylic acid groups (broad SMARTS) is 1. The summed E-state index contributed by atoms with van der Waals surface area (Å²) in [6.07, 6.45) is 2.42. The molecular weight excluding hydrogens is 259 g/mol. The minimum atomic E-state index is -0.725.